The lowest BCUT2D eigenvalue weighted by atomic mass is 9.86. The lowest BCUT2D eigenvalue weighted by Gasteiger charge is -2.19. The normalized spacial score (nSPS) is 11.1. The molecule has 3 heteroatoms. The minimum atomic E-state index is -0.378. The van der Waals surface area contributed by atoms with Crippen LogP contribution in [0.1, 0.15) is 31.9 Å². The van der Waals surface area contributed by atoms with Gasteiger partial charge in [0.05, 0.1) is 7.11 Å². The van der Waals surface area contributed by atoms with Crippen LogP contribution in [0, 0.1) is 0 Å². The molecule has 17 heavy (non-hydrogen) atoms. The Morgan fingerprint density at radius 1 is 1.24 bits per heavy atom. The molecule has 0 aromatic heterocycles. The maximum absolute atomic E-state index is 10.9. The molecule has 0 spiro atoms. The van der Waals surface area contributed by atoms with Gasteiger partial charge in [0.15, 0.2) is 0 Å². The number of alkyl carbamates (subject to hydrolysis) is 1. The van der Waals surface area contributed by atoms with Crippen molar-refractivity contribution in [3.63, 3.8) is 0 Å². The number of nitrogens with one attached hydrogen (secondary N) is 1. The van der Waals surface area contributed by atoms with Crippen LogP contribution < -0.4 is 5.32 Å². The fourth-order valence-electron chi connectivity index (χ4n) is 1.55. The van der Waals surface area contributed by atoms with E-state index in [-0.39, 0.29) is 11.5 Å². The quantitative estimate of drug-likeness (QED) is 0.874. The van der Waals surface area contributed by atoms with Gasteiger partial charge < -0.3 is 10.1 Å². The maximum Gasteiger partial charge on any atom is 0.406 e. The molecule has 1 rings (SSSR count). The second kappa shape index (κ2) is 5.71. The molecule has 1 N–H and O–H groups in total. The lowest BCUT2D eigenvalue weighted by Crippen LogP contribution is -2.25. The molecule has 1 amide bonds. The molecule has 0 unspecified atom stereocenters. The van der Waals surface area contributed by atoms with Crippen molar-refractivity contribution in [2.75, 3.05) is 13.7 Å². The van der Waals surface area contributed by atoms with E-state index < -0.39 is 0 Å². The van der Waals surface area contributed by atoms with Crippen LogP contribution in [0.4, 0.5) is 4.79 Å². The molecular formula is C14H21NO2. The summed E-state index contributed by atoms with van der Waals surface area (Å²) in [6, 6.07) is 8.51. The topological polar surface area (TPSA) is 38.3 Å². The number of amides is 1. The maximum atomic E-state index is 10.9. The molecule has 0 heterocycles. The summed E-state index contributed by atoms with van der Waals surface area (Å²) in [6.45, 7) is 7.18. The van der Waals surface area contributed by atoms with Gasteiger partial charge in [-0.2, -0.15) is 0 Å². The van der Waals surface area contributed by atoms with Crippen LogP contribution in [0.3, 0.4) is 0 Å². The zero-order valence-electron chi connectivity index (χ0n) is 11.0. The van der Waals surface area contributed by atoms with E-state index in [4.69, 9.17) is 0 Å². The summed E-state index contributed by atoms with van der Waals surface area (Å²) in [6.07, 6.45) is 0.441. The van der Waals surface area contributed by atoms with Gasteiger partial charge in [-0.1, -0.05) is 45.0 Å². The molecular weight excluding hydrogens is 214 g/mol. The summed E-state index contributed by atoms with van der Waals surface area (Å²) < 4.78 is 4.50. The first-order valence-electron chi connectivity index (χ1n) is 5.84. The van der Waals surface area contributed by atoms with Crippen molar-refractivity contribution in [2.45, 2.75) is 32.6 Å². The molecule has 0 bridgehead atoms. The first-order valence-corrected chi connectivity index (χ1v) is 5.84. The van der Waals surface area contributed by atoms with E-state index in [1.165, 1.54) is 18.2 Å². The number of rotatable bonds is 3. The van der Waals surface area contributed by atoms with Crippen LogP contribution in [0.15, 0.2) is 24.3 Å². The van der Waals surface area contributed by atoms with Crippen LogP contribution in [0.25, 0.3) is 0 Å². The number of carbonyl (C=O) groups is 1. The van der Waals surface area contributed by atoms with Crippen LogP contribution in [0.5, 0.6) is 0 Å². The van der Waals surface area contributed by atoms with Gasteiger partial charge in [0.1, 0.15) is 0 Å². The Bertz CT molecular complexity index is 363. The van der Waals surface area contributed by atoms with E-state index in [1.54, 1.807) is 0 Å². The van der Waals surface area contributed by atoms with Gasteiger partial charge >= 0.3 is 6.09 Å². The van der Waals surface area contributed by atoms with Crippen molar-refractivity contribution in [2.24, 2.45) is 0 Å². The zero-order valence-corrected chi connectivity index (χ0v) is 11.0. The minimum absolute atomic E-state index is 0.183. The number of hydrogen-bond acceptors (Lipinski definition) is 2. The van der Waals surface area contributed by atoms with Gasteiger partial charge in [0.2, 0.25) is 0 Å². The smallest absolute Gasteiger partial charge is 0.406 e. The van der Waals surface area contributed by atoms with Gasteiger partial charge in [0, 0.05) is 6.54 Å². The highest BCUT2D eigenvalue weighted by atomic mass is 16.5. The molecule has 0 aliphatic rings. The van der Waals surface area contributed by atoms with Crippen molar-refractivity contribution in [3.8, 4) is 0 Å². The molecule has 0 saturated heterocycles. The molecule has 1 aromatic carbocycles. The predicted molar refractivity (Wildman–Crippen MR) is 69.3 cm³/mol. The Balaban J connectivity index is 2.49. The second-order valence-electron chi connectivity index (χ2n) is 5.12. The highest BCUT2D eigenvalue weighted by Gasteiger charge is 2.12. The number of hydrogen-bond donors (Lipinski definition) is 1. The first kappa shape index (κ1) is 13.6. The van der Waals surface area contributed by atoms with Crippen molar-refractivity contribution in [1.82, 2.24) is 5.32 Å². The summed E-state index contributed by atoms with van der Waals surface area (Å²) in [5.41, 5.74) is 2.72. The van der Waals surface area contributed by atoms with Crippen LogP contribution >= 0.6 is 0 Å². The molecule has 0 aliphatic carbocycles. The second-order valence-corrected chi connectivity index (χ2v) is 5.12. The average Bonchev–Trinajstić information content (AvgIpc) is 2.28. The summed E-state index contributed by atoms with van der Waals surface area (Å²) in [7, 11) is 1.37. The molecule has 0 radical (unpaired) electrons. The van der Waals surface area contributed by atoms with Crippen LogP contribution in [-0.4, -0.2) is 19.7 Å². The third-order valence-electron chi connectivity index (χ3n) is 2.69. The van der Waals surface area contributed by atoms with E-state index in [0.717, 1.165) is 6.42 Å². The molecule has 0 saturated carbocycles. The highest BCUT2D eigenvalue weighted by molar-refractivity contribution is 5.66. The van der Waals surface area contributed by atoms with Crippen LogP contribution in [0.2, 0.25) is 0 Å². The predicted octanol–water partition coefficient (Wildman–Crippen LogP) is 2.88. The summed E-state index contributed by atoms with van der Waals surface area (Å²) in [5.74, 6) is 0. The number of carbonyl (C=O) groups excluding carboxylic acids is 1. The van der Waals surface area contributed by atoms with E-state index in [2.05, 4.69) is 55.1 Å². The molecule has 3 nitrogen and oxygen atoms in total. The monoisotopic (exact) mass is 235 g/mol. The van der Waals surface area contributed by atoms with Gasteiger partial charge in [-0.05, 0) is 23.0 Å². The number of ether oxygens (including phenoxy) is 1. The molecule has 0 aliphatic heterocycles. The van der Waals surface area contributed by atoms with Gasteiger partial charge in [-0.15, -0.1) is 0 Å². The van der Waals surface area contributed by atoms with Crippen LogP contribution in [-0.2, 0) is 16.6 Å². The standard InChI is InChI=1S/C14H21NO2/c1-14(2,3)12-7-5-11(6-8-12)9-10-15-13(16)17-4/h5-8H,9-10H2,1-4H3,(H,15,16). The number of methoxy groups -OCH3 is 1. The summed E-state index contributed by atoms with van der Waals surface area (Å²) in [4.78, 5) is 10.9. The van der Waals surface area contributed by atoms with Crippen molar-refractivity contribution >= 4 is 6.09 Å². The van der Waals surface area contributed by atoms with Gasteiger partial charge in [-0.25, -0.2) is 4.79 Å². The first-order chi connectivity index (χ1) is 7.93. The Labute approximate surface area is 103 Å². The van der Waals surface area contributed by atoms with Crippen molar-refractivity contribution < 1.29 is 9.53 Å². The Kier molecular flexibility index (Phi) is 4.55. The van der Waals surface area contributed by atoms with E-state index in [0.29, 0.717) is 6.54 Å². The summed E-state index contributed by atoms with van der Waals surface area (Å²) >= 11 is 0. The summed E-state index contributed by atoms with van der Waals surface area (Å²) in [5, 5.41) is 2.66. The molecule has 0 fully saturated rings. The minimum Gasteiger partial charge on any atom is -0.453 e. The highest BCUT2D eigenvalue weighted by Crippen LogP contribution is 2.22. The Morgan fingerprint density at radius 2 is 1.82 bits per heavy atom. The Hall–Kier alpha value is -1.51. The average molecular weight is 235 g/mol. The van der Waals surface area contributed by atoms with E-state index >= 15 is 0 Å². The fourth-order valence-corrected chi connectivity index (χ4v) is 1.55. The van der Waals surface area contributed by atoms with Gasteiger partial charge in [-0.3, -0.25) is 0 Å². The Morgan fingerprint density at radius 3 is 2.29 bits per heavy atom. The molecule has 94 valence electrons. The van der Waals surface area contributed by atoms with Crippen molar-refractivity contribution in [1.29, 1.82) is 0 Å². The van der Waals surface area contributed by atoms with Gasteiger partial charge in [0.25, 0.3) is 0 Å². The number of benzene rings is 1. The van der Waals surface area contributed by atoms with E-state index in [9.17, 15) is 4.79 Å². The third-order valence-corrected chi connectivity index (χ3v) is 2.69. The largest absolute Gasteiger partial charge is 0.453 e. The molecule has 1 aromatic rings. The van der Waals surface area contributed by atoms with E-state index in [1.807, 2.05) is 0 Å². The molecule has 0 atom stereocenters. The lowest BCUT2D eigenvalue weighted by molar-refractivity contribution is 0.171. The third kappa shape index (κ3) is 4.47. The SMILES string of the molecule is COC(=O)NCCc1ccc(C(C)(C)C)cc1. The fraction of sp³-hybridized carbons (Fsp3) is 0.500. The van der Waals surface area contributed by atoms with Crippen molar-refractivity contribution in [3.05, 3.63) is 35.4 Å². The zero-order chi connectivity index (χ0) is 12.9.